The van der Waals surface area contributed by atoms with Crippen LogP contribution in [0.5, 0.6) is 0 Å². The first-order valence-corrected chi connectivity index (χ1v) is 6.99. The summed E-state index contributed by atoms with van der Waals surface area (Å²) in [5, 5.41) is 2.41. The van der Waals surface area contributed by atoms with Crippen molar-refractivity contribution in [3.05, 3.63) is 69.6 Å². The Morgan fingerprint density at radius 2 is 1.85 bits per heavy atom. The fourth-order valence-electron chi connectivity index (χ4n) is 2.01. The molecule has 3 aromatic rings. The predicted octanol–water partition coefficient (Wildman–Crippen LogP) is 5.06. The topological polar surface area (TPSA) is 17.1 Å². The van der Waals surface area contributed by atoms with Crippen molar-refractivity contribution in [2.24, 2.45) is 0 Å². The van der Waals surface area contributed by atoms with Crippen LogP contribution in [-0.4, -0.2) is 5.78 Å². The van der Waals surface area contributed by atoms with E-state index in [0.29, 0.717) is 5.56 Å². The lowest BCUT2D eigenvalue weighted by atomic mass is 10.0. The molecule has 0 fully saturated rings. The average Bonchev–Trinajstić information content (AvgIpc) is 2.90. The van der Waals surface area contributed by atoms with E-state index in [-0.39, 0.29) is 10.6 Å². The third kappa shape index (κ3) is 2.11. The number of fused-ring (bicyclic) bond motifs is 1. The molecule has 1 nitrogen and oxygen atoms in total. The number of carbonyl (C=O) groups is 1. The molecular formula is C15H7ClF2OS. The minimum Gasteiger partial charge on any atom is -0.288 e. The molecule has 0 aliphatic heterocycles. The molecule has 0 aliphatic carbocycles. The van der Waals surface area contributed by atoms with Crippen LogP contribution in [0.3, 0.4) is 0 Å². The van der Waals surface area contributed by atoms with Crippen LogP contribution < -0.4 is 0 Å². The van der Waals surface area contributed by atoms with E-state index in [1.807, 2.05) is 17.5 Å². The monoisotopic (exact) mass is 308 g/mol. The Labute approximate surface area is 122 Å². The fourth-order valence-corrected chi connectivity index (χ4v) is 3.07. The predicted molar refractivity (Wildman–Crippen MR) is 76.6 cm³/mol. The van der Waals surface area contributed by atoms with Gasteiger partial charge in [-0.25, -0.2) is 8.78 Å². The first-order valence-electron chi connectivity index (χ1n) is 5.73. The minimum atomic E-state index is -0.824. The Balaban J connectivity index is 2.18. The fraction of sp³-hybridized carbons (Fsp3) is 0. The number of carbonyl (C=O) groups excluding carboxylic acids is 1. The number of thiophene rings is 1. The van der Waals surface area contributed by atoms with E-state index in [1.54, 1.807) is 12.1 Å². The molecule has 20 heavy (non-hydrogen) atoms. The molecule has 1 heterocycles. The van der Waals surface area contributed by atoms with Crippen molar-refractivity contribution in [1.82, 2.24) is 0 Å². The Bertz CT molecular complexity index is 826. The molecule has 0 N–H and O–H groups in total. The second-order valence-electron chi connectivity index (χ2n) is 4.22. The van der Waals surface area contributed by atoms with Crippen molar-refractivity contribution in [2.75, 3.05) is 0 Å². The lowest BCUT2D eigenvalue weighted by Gasteiger charge is -2.05. The van der Waals surface area contributed by atoms with E-state index in [4.69, 9.17) is 11.6 Å². The molecule has 0 aliphatic rings. The summed E-state index contributed by atoms with van der Waals surface area (Å²) < 4.78 is 28.0. The van der Waals surface area contributed by atoms with Crippen molar-refractivity contribution >= 4 is 38.8 Å². The zero-order chi connectivity index (χ0) is 14.3. The SMILES string of the molecule is O=C(c1cc(F)c(Cl)cc1F)c1cccc2ccsc12. The maximum Gasteiger partial charge on any atom is 0.197 e. The van der Waals surface area contributed by atoms with Gasteiger partial charge in [0.2, 0.25) is 0 Å². The molecule has 3 rings (SSSR count). The van der Waals surface area contributed by atoms with Crippen LogP contribution in [0.25, 0.3) is 10.1 Å². The highest BCUT2D eigenvalue weighted by Gasteiger charge is 2.19. The number of halogens is 3. The number of hydrogen-bond acceptors (Lipinski definition) is 2. The Morgan fingerprint density at radius 3 is 2.65 bits per heavy atom. The Hall–Kier alpha value is -1.78. The standard InChI is InChI=1S/C15H7ClF2OS/c16-11-7-12(17)10(6-13(11)18)14(19)9-3-1-2-8-4-5-20-15(8)9/h1-7H. The number of rotatable bonds is 2. The van der Waals surface area contributed by atoms with Gasteiger partial charge in [-0.1, -0.05) is 23.7 Å². The summed E-state index contributed by atoms with van der Waals surface area (Å²) in [6.07, 6.45) is 0. The minimum absolute atomic E-state index is 0.312. The summed E-state index contributed by atoms with van der Waals surface area (Å²) in [6.45, 7) is 0. The van der Waals surface area contributed by atoms with E-state index < -0.39 is 17.4 Å². The van der Waals surface area contributed by atoms with E-state index in [0.717, 1.165) is 22.2 Å². The summed E-state index contributed by atoms with van der Waals surface area (Å²) >= 11 is 6.88. The van der Waals surface area contributed by atoms with E-state index >= 15 is 0 Å². The molecular weight excluding hydrogens is 302 g/mol. The van der Waals surface area contributed by atoms with E-state index in [1.165, 1.54) is 11.3 Å². The molecule has 0 unspecified atom stereocenters. The first kappa shape index (κ1) is 13.2. The number of benzene rings is 2. The number of ketones is 1. The molecule has 0 amide bonds. The highest BCUT2D eigenvalue weighted by Crippen LogP contribution is 2.28. The van der Waals surface area contributed by atoms with Gasteiger partial charge in [0.15, 0.2) is 5.78 Å². The van der Waals surface area contributed by atoms with Crippen LogP contribution in [-0.2, 0) is 0 Å². The normalized spacial score (nSPS) is 10.9. The van der Waals surface area contributed by atoms with Gasteiger partial charge in [0.1, 0.15) is 11.6 Å². The van der Waals surface area contributed by atoms with Crippen LogP contribution >= 0.6 is 22.9 Å². The van der Waals surface area contributed by atoms with Crippen LogP contribution in [0.1, 0.15) is 15.9 Å². The molecule has 0 atom stereocenters. The third-order valence-electron chi connectivity index (χ3n) is 2.98. The van der Waals surface area contributed by atoms with E-state index in [9.17, 15) is 13.6 Å². The quantitative estimate of drug-likeness (QED) is 0.477. The Kier molecular flexibility index (Phi) is 3.28. The van der Waals surface area contributed by atoms with E-state index in [2.05, 4.69) is 0 Å². The van der Waals surface area contributed by atoms with Crippen LogP contribution in [0.2, 0.25) is 5.02 Å². The van der Waals surface area contributed by atoms with Gasteiger partial charge >= 0.3 is 0 Å². The molecule has 0 spiro atoms. The summed E-state index contributed by atoms with van der Waals surface area (Å²) in [5.41, 5.74) is 0.0472. The molecule has 0 bridgehead atoms. The lowest BCUT2D eigenvalue weighted by Crippen LogP contribution is -2.05. The number of hydrogen-bond donors (Lipinski definition) is 0. The highest BCUT2D eigenvalue weighted by molar-refractivity contribution is 7.17. The molecule has 2 aromatic carbocycles. The lowest BCUT2D eigenvalue weighted by molar-refractivity contribution is 0.103. The maximum atomic E-state index is 13.8. The van der Waals surface area contributed by atoms with Gasteiger partial charge < -0.3 is 0 Å². The zero-order valence-electron chi connectivity index (χ0n) is 9.99. The molecule has 0 radical (unpaired) electrons. The van der Waals surface area contributed by atoms with Gasteiger partial charge in [0.05, 0.1) is 10.6 Å². The zero-order valence-corrected chi connectivity index (χ0v) is 11.6. The van der Waals surface area contributed by atoms with Crippen molar-refractivity contribution in [3.63, 3.8) is 0 Å². The van der Waals surface area contributed by atoms with Crippen molar-refractivity contribution in [3.8, 4) is 0 Å². The molecule has 1 aromatic heterocycles. The van der Waals surface area contributed by atoms with Crippen molar-refractivity contribution < 1.29 is 13.6 Å². The van der Waals surface area contributed by atoms with Crippen LogP contribution in [0.4, 0.5) is 8.78 Å². The van der Waals surface area contributed by atoms with Gasteiger partial charge in [0, 0.05) is 10.3 Å². The van der Waals surface area contributed by atoms with Gasteiger partial charge in [-0.3, -0.25) is 4.79 Å². The van der Waals surface area contributed by atoms with Crippen molar-refractivity contribution in [1.29, 1.82) is 0 Å². The second kappa shape index (κ2) is 4.96. The average molecular weight is 309 g/mol. The summed E-state index contributed by atoms with van der Waals surface area (Å²) in [4.78, 5) is 12.4. The van der Waals surface area contributed by atoms with Gasteiger partial charge in [-0.15, -0.1) is 11.3 Å². The molecule has 0 saturated carbocycles. The van der Waals surface area contributed by atoms with Gasteiger partial charge in [-0.2, -0.15) is 0 Å². The molecule has 100 valence electrons. The van der Waals surface area contributed by atoms with Crippen LogP contribution in [0, 0.1) is 11.6 Å². The summed E-state index contributed by atoms with van der Waals surface area (Å²) in [7, 11) is 0. The molecule has 5 heteroatoms. The smallest absolute Gasteiger partial charge is 0.197 e. The summed E-state index contributed by atoms with van der Waals surface area (Å²) in [6, 6.07) is 8.71. The van der Waals surface area contributed by atoms with Crippen molar-refractivity contribution in [2.45, 2.75) is 0 Å². The Morgan fingerprint density at radius 1 is 1.05 bits per heavy atom. The van der Waals surface area contributed by atoms with Gasteiger partial charge in [0.25, 0.3) is 0 Å². The first-order chi connectivity index (χ1) is 9.58. The molecule has 0 saturated heterocycles. The third-order valence-corrected chi connectivity index (χ3v) is 4.23. The summed E-state index contributed by atoms with van der Waals surface area (Å²) in [5.74, 6) is -2.18. The maximum absolute atomic E-state index is 13.8. The largest absolute Gasteiger partial charge is 0.288 e. The van der Waals surface area contributed by atoms with Crippen LogP contribution in [0.15, 0.2) is 41.8 Å². The highest BCUT2D eigenvalue weighted by atomic mass is 35.5. The second-order valence-corrected chi connectivity index (χ2v) is 5.54. The van der Waals surface area contributed by atoms with Gasteiger partial charge in [-0.05, 0) is 35.0 Å².